The van der Waals surface area contributed by atoms with Gasteiger partial charge in [0.05, 0.1) is 0 Å². The Morgan fingerprint density at radius 3 is 2.29 bits per heavy atom. The molecule has 5 heteroatoms. The number of rotatable bonds is 2. The van der Waals surface area contributed by atoms with Crippen molar-refractivity contribution in [2.24, 2.45) is 0 Å². The van der Waals surface area contributed by atoms with E-state index in [1.807, 2.05) is 4.94 Å². The zero-order chi connectivity index (χ0) is 10.6. The Morgan fingerprint density at radius 2 is 1.86 bits per heavy atom. The van der Waals surface area contributed by atoms with E-state index in [0.29, 0.717) is 5.56 Å². The lowest BCUT2D eigenvalue weighted by Gasteiger charge is -2.14. The van der Waals surface area contributed by atoms with Crippen molar-refractivity contribution in [1.82, 2.24) is 9.95 Å². The van der Waals surface area contributed by atoms with Crippen molar-refractivity contribution in [1.29, 1.82) is 0 Å². The summed E-state index contributed by atoms with van der Waals surface area (Å²) in [6, 6.07) is 8.40. The van der Waals surface area contributed by atoms with Crippen LogP contribution in [-0.2, 0) is 4.79 Å². The lowest BCUT2D eigenvalue weighted by molar-refractivity contribution is -0.127. The Morgan fingerprint density at radius 1 is 1.29 bits per heavy atom. The highest BCUT2D eigenvalue weighted by Crippen LogP contribution is 2.03. The second-order valence-electron chi connectivity index (χ2n) is 2.61. The largest absolute Gasteiger partial charge is 0.276 e. The molecular weight excluding hydrogens is 204 g/mol. The molecule has 1 N–H and O–H groups in total. The third-order valence-corrected chi connectivity index (χ3v) is 1.79. The minimum Gasteiger partial charge on any atom is -0.273 e. The molecule has 2 amide bonds. The number of amides is 2. The number of halogens is 1. The zero-order valence-corrected chi connectivity index (χ0v) is 8.28. The van der Waals surface area contributed by atoms with Crippen molar-refractivity contribution in [3.8, 4) is 0 Å². The molecule has 0 aliphatic heterocycles. The first-order valence-corrected chi connectivity index (χ1v) is 4.31. The third kappa shape index (κ3) is 2.31. The van der Waals surface area contributed by atoms with Gasteiger partial charge in [-0.25, -0.2) is 0 Å². The molecular formula is C9H9ClN2O2. The molecule has 0 fully saturated rings. The molecule has 14 heavy (non-hydrogen) atoms. The minimum atomic E-state index is -0.479. The summed E-state index contributed by atoms with van der Waals surface area (Å²) < 4.78 is 0. The van der Waals surface area contributed by atoms with Crippen LogP contribution in [0.15, 0.2) is 30.3 Å². The Bertz CT molecular complexity index is 340. The number of hydrogen-bond donors (Lipinski definition) is 1. The van der Waals surface area contributed by atoms with E-state index in [1.54, 1.807) is 30.3 Å². The summed E-state index contributed by atoms with van der Waals surface area (Å²) in [5.74, 6) is -0.943. The van der Waals surface area contributed by atoms with Gasteiger partial charge in [-0.3, -0.25) is 9.59 Å². The van der Waals surface area contributed by atoms with Crippen LogP contribution >= 0.6 is 11.8 Å². The van der Waals surface area contributed by atoms with Crippen LogP contribution in [0.25, 0.3) is 0 Å². The molecule has 1 aromatic rings. The van der Waals surface area contributed by atoms with E-state index in [-0.39, 0.29) is 0 Å². The van der Waals surface area contributed by atoms with E-state index in [1.165, 1.54) is 6.92 Å². The van der Waals surface area contributed by atoms with Crippen molar-refractivity contribution >= 4 is 23.6 Å². The van der Waals surface area contributed by atoms with Crippen molar-refractivity contribution in [2.45, 2.75) is 6.92 Å². The molecule has 0 spiro atoms. The number of hydrogen-bond acceptors (Lipinski definition) is 3. The maximum absolute atomic E-state index is 11.6. The quantitative estimate of drug-likeness (QED) is 0.595. The van der Waals surface area contributed by atoms with Gasteiger partial charge in [0.15, 0.2) is 0 Å². The maximum Gasteiger partial charge on any atom is 0.276 e. The van der Waals surface area contributed by atoms with E-state index >= 15 is 0 Å². The average Bonchev–Trinajstić information content (AvgIpc) is 2.19. The molecule has 0 heterocycles. The molecule has 0 unspecified atom stereocenters. The summed E-state index contributed by atoms with van der Waals surface area (Å²) in [4.78, 5) is 24.5. The van der Waals surface area contributed by atoms with Crippen molar-refractivity contribution in [3.05, 3.63) is 35.9 Å². The monoisotopic (exact) mass is 212 g/mol. The SMILES string of the molecule is CC(=O)N(NCl)C(=O)c1ccccc1. The predicted molar refractivity (Wildman–Crippen MR) is 52.3 cm³/mol. The fourth-order valence-corrected chi connectivity index (χ4v) is 1.15. The third-order valence-electron chi connectivity index (χ3n) is 1.62. The maximum atomic E-state index is 11.6. The summed E-state index contributed by atoms with van der Waals surface area (Å²) in [6.07, 6.45) is 0. The molecule has 74 valence electrons. The molecule has 0 radical (unpaired) electrons. The summed E-state index contributed by atoms with van der Waals surface area (Å²) in [5.41, 5.74) is 0.399. The van der Waals surface area contributed by atoms with E-state index in [4.69, 9.17) is 11.8 Å². The van der Waals surface area contributed by atoms with Gasteiger partial charge in [0.25, 0.3) is 5.91 Å². The predicted octanol–water partition coefficient (Wildman–Crippen LogP) is 1.33. The smallest absolute Gasteiger partial charge is 0.273 e. The summed E-state index contributed by atoms with van der Waals surface area (Å²) in [5, 5.41) is 0.733. The van der Waals surface area contributed by atoms with Crippen LogP contribution in [0.3, 0.4) is 0 Å². The Balaban J connectivity index is 2.89. The topological polar surface area (TPSA) is 49.4 Å². The number of imide groups is 1. The molecule has 4 nitrogen and oxygen atoms in total. The van der Waals surface area contributed by atoms with Gasteiger partial charge < -0.3 is 0 Å². The molecule has 0 aliphatic rings. The number of nitrogens with zero attached hydrogens (tertiary/aromatic N) is 1. The van der Waals surface area contributed by atoms with Gasteiger partial charge in [-0.05, 0) is 23.9 Å². The fourth-order valence-electron chi connectivity index (χ4n) is 0.951. The molecule has 0 saturated carbocycles. The number of hydrazine groups is 1. The lowest BCUT2D eigenvalue weighted by atomic mass is 10.2. The molecule has 0 saturated heterocycles. The van der Waals surface area contributed by atoms with Gasteiger partial charge in [-0.2, -0.15) is 5.01 Å². The van der Waals surface area contributed by atoms with Gasteiger partial charge in [-0.15, -0.1) is 4.94 Å². The zero-order valence-electron chi connectivity index (χ0n) is 7.53. The summed E-state index contributed by atoms with van der Waals surface area (Å²) in [6.45, 7) is 1.25. The van der Waals surface area contributed by atoms with Crippen LogP contribution in [0, 0.1) is 0 Å². The minimum absolute atomic E-state index is 0.399. The van der Waals surface area contributed by atoms with Gasteiger partial charge in [0.2, 0.25) is 5.91 Å². The second-order valence-corrected chi connectivity index (χ2v) is 2.78. The van der Waals surface area contributed by atoms with Crippen LogP contribution in [0.2, 0.25) is 0 Å². The molecule has 0 aliphatic carbocycles. The highest BCUT2D eigenvalue weighted by atomic mass is 35.5. The number of benzene rings is 1. The molecule has 0 aromatic heterocycles. The molecule has 1 rings (SSSR count). The number of carbonyl (C=O) groups is 2. The van der Waals surface area contributed by atoms with Gasteiger partial charge in [0, 0.05) is 12.5 Å². The van der Waals surface area contributed by atoms with E-state index in [0.717, 1.165) is 5.01 Å². The van der Waals surface area contributed by atoms with Crippen molar-refractivity contribution in [2.75, 3.05) is 0 Å². The molecule has 0 bridgehead atoms. The van der Waals surface area contributed by atoms with E-state index < -0.39 is 11.8 Å². The first-order valence-electron chi connectivity index (χ1n) is 3.93. The highest BCUT2D eigenvalue weighted by Gasteiger charge is 2.18. The highest BCUT2D eigenvalue weighted by molar-refractivity contribution is 6.16. The first-order chi connectivity index (χ1) is 6.66. The Kier molecular flexibility index (Phi) is 3.62. The average molecular weight is 213 g/mol. The number of nitrogens with one attached hydrogen (secondary N) is 1. The number of carbonyl (C=O) groups excluding carboxylic acids is 2. The van der Waals surface area contributed by atoms with Crippen LogP contribution < -0.4 is 4.94 Å². The van der Waals surface area contributed by atoms with E-state index in [2.05, 4.69) is 0 Å². The van der Waals surface area contributed by atoms with Gasteiger partial charge in [-0.1, -0.05) is 18.2 Å². The normalized spacial score (nSPS) is 9.57. The van der Waals surface area contributed by atoms with Crippen LogP contribution in [0.4, 0.5) is 0 Å². The van der Waals surface area contributed by atoms with E-state index in [9.17, 15) is 9.59 Å². The standard InChI is InChI=1S/C9H9ClN2O2/c1-7(13)12(11-10)9(14)8-5-3-2-4-6-8/h2-6,11H,1H3. The van der Waals surface area contributed by atoms with Gasteiger partial charge in [0.1, 0.15) is 0 Å². The summed E-state index contributed by atoms with van der Waals surface area (Å²) >= 11 is 5.24. The van der Waals surface area contributed by atoms with Crippen molar-refractivity contribution in [3.63, 3.8) is 0 Å². The van der Waals surface area contributed by atoms with Crippen LogP contribution in [-0.4, -0.2) is 16.8 Å². The second kappa shape index (κ2) is 4.74. The van der Waals surface area contributed by atoms with Gasteiger partial charge >= 0.3 is 0 Å². The summed E-state index contributed by atoms with van der Waals surface area (Å²) in [7, 11) is 0. The fraction of sp³-hybridized carbons (Fsp3) is 0.111. The first kappa shape index (κ1) is 10.7. The molecule has 0 atom stereocenters. The molecule has 1 aromatic carbocycles. The lowest BCUT2D eigenvalue weighted by Crippen LogP contribution is -2.41. The van der Waals surface area contributed by atoms with Crippen molar-refractivity contribution < 1.29 is 9.59 Å². The van der Waals surface area contributed by atoms with Crippen LogP contribution in [0.5, 0.6) is 0 Å². The Labute approximate surface area is 86.5 Å². The van der Waals surface area contributed by atoms with Crippen LogP contribution in [0.1, 0.15) is 17.3 Å². The Hall–Kier alpha value is -1.39.